The summed E-state index contributed by atoms with van der Waals surface area (Å²) < 4.78 is 18.3. The normalized spacial score (nSPS) is 13.3. The first-order chi connectivity index (χ1) is 9.75. The number of hydrogen-bond donors (Lipinski definition) is 2. The first-order valence-electron chi connectivity index (χ1n) is 6.28. The van der Waals surface area contributed by atoms with Crippen molar-refractivity contribution in [3.63, 3.8) is 0 Å². The largest absolute Gasteiger partial charge is 0.494 e. The van der Waals surface area contributed by atoms with E-state index in [0.717, 1.165) is 6.07 Å². The van der Waals surface area contributed by atoms with E-state index in [0.29, 0.717) is 12.5 Å². The van der Waals surface area contributed by atoms with Gasteiger partial charge in [0.05, 0.1) is 18.1 Å². The van der Waals surface area contributed by atoms with Gasteiger partial charge in [0.1, 0.15) is 11.2 Å². The molecule has 1 rings (SSSR count). The minimum atomic E-state index is -1.40. The van der Waals surface area contributed by atoms with Crippen molar-refractivity contribution in [3.05, 3.63) is 28.1 Å². The molecular weight excluding hydrogens is 283 g/mol. The molecule has 1 atom stereocenters. The van der Waals surface area contributed by atoms with Crippen LogP contribution in [0.3, 0.4) is 0 Å². The predicted molar refractivity (Wildman–Crippen MR) is 74.2 cm³/mol. The van der Waals surface area contributed by atoms with Crippen molar-refractivity contribution in [2.45, 2.75) is 32.2 Å². The van der Waals surface area contributed by atoms with E-state index in [4.69, 9.17) is 4.74 Å². The van der Waals surface area contributed by atoms with Crippen molar-refractivity contribution in [2.75, 3.05) is 12.4 Å². The number of anilines is 1. The molecule has 0 amide bonds. The molecule has 2 N–H and O–H groups in total. The minimum Gasteiger partial charge on any atom is -0.494 e. The highest BCUT2D eigenvalue weighted by Crippen LogP contribution is 2.34. The molecule has 1 aromatic rings. The van der Waals surface area contributed by atoms with Crippen LogP contribution in [0.4, 0.5) is 15.8 Å². The van der Waals surface area contributed by atoms with Crippen molar-refractivity contribution >= 4 is 17.3 Å². The number of carbonyl (C=O) groups is 1. The van der Waals surface area contributed by atoms with Crippen LogP contribution in [0.2, 0.25) is 0 Å². The quantitative estimate of drug-likeness (QED) is 0.593. The molecule has 0 fully saturated rings. The number of carboxylic acids is 1. The maximum atomic E-state index is 13.6. The number of nitrogens with one attached hydrogen (secondary N) is 1. The highest BCUT2D eigenvalue weighted by Gasteiger charge is 2.34. The van der Waals surface area contributed by atoms with Gasteiger partial charge in [-0.3, -0.25) is 10.1 Å². The van der Waals surface area contributed by atoms with Crippen molar-refractivity contribution in [3.8, 4) is 5.75 Å². The van der Waals surface area contributed by atoms with E-state index in [1.165, 1.54) is 14.0 Å². The molecule has 8 heteroatoms. The van der Waals surface area contributed by atoms with Gasteiger partial charge in [-0.05, 0) is 13.3 Å². The van der Waals surface area contributed by atoms with E-state index in [1.54, 1.807) is 6.92 Å². The third-order valence-electron chi connectivity index (χ3n) is 3.10. The van der Waals surface area contributed by atoms with Crippen LogP contribution >= 0.6 is 0 Å². The van der Waals surface area contributed by atoms with Crippen LogP contribution in [0, 0.1) is 15.9 Å². The second-order valence-corrected chi connectivity index (χ2v) is 4.77. The smallest absolute Gasteiger partial charge is 0.329 e. The number of nitro groups is 1. The number of methoxy groups -OCH3 is 1. The zero-order chi connectivity index (χ0) is 16.2. The molecule has 1 aromatic carbocycles. The van der Waals surface area contributed by atoms with Crippen molar-refractivity contribution in [1.29, 1.82) is 0 Å². The highest BCUT2D eigenvalue weighted by molar-refractivity contribution is 5.83. The maximum absolute atomic E-state index is 13.6. The van der Waals surface area contributed by atoms with E-state index in [2.05, 4.69) is 5.32 Å². The van der Waals surface area contributed by atoms with Gasteiger partial charge in [0, 0.05) is 6.07 Å². The molecule has 1 unspecified atom stereocenters. The van der Waals surface area contributed by atoms with Crippen LogP contribution in [0.25, 0.3) is 0 Å². The third kappa shape index (κ3) is 3.59. The number of benzene rings is 1. The lowest BCUT2D eigenvalue weighted by molar-refractivity contribution is -0.384. The Kier molecular flexibility index (Phi) is 5.07. The Morgan fingerprint density at radius 3 is 2.62 bits per heavy atom. The molecule has 0 aliphatic heterocycles. The lowest BCUT2D eigenvalue weighted by Gasteiger charge is -2.27. The maximum Gasteiger partial charge on any atom is 0.329 e. The molecule has 0 saturated heterocycles. The number of nitro benzene ring substituents is 1. The van der Waals surface area contributed by atoms with E-state index < -0.39 is 27.9 Å². The molecule has 116 valence electrons. The first kappa shape index (κ1) is 16.7. The fraction of sp³-hybridized carbons (Fsp3) is 0.462. The van der Waals surface area contributed by atoms with E-state index >= 15 is 0 Å². The summed E-state index contributed by atoms with van der Waals surface area (Å²) in [5, 5.41) is 22.9. The van der Waals surface area contributed by atoms with Crippen LogP contribution in [-0.2, 0) is 4.79 Å². The van der Waals surface area contributed by atoms with Gasteiger partial charge in [-0.25, -0.2) is 9.18 Å². The Hall–Kier alpha value is -2.38. The zero-order valence-electron chi connectivity index (χ0n) is 12.0. The average molecular weight is 300 g/mol. The summed E-state index contributed by atoms with van der Waals surface area (Å²) in [6, 6.07) is 1.79. The second-order valence-electron chi connectivity index (χ2n) is 4.77. The summed E-state index contributed by atoms with van der Waals surface area (Å²) >= 11 is 0. The van der Waals surface area contributed by atoms with Crippen LogP contribution < -0.4 is 10.1 Å². The van der Waals surface area contributed by atoms with Gasteiger partial charge in [0.25, 0.3) is 5.69 Å². The van der Waals surface area contributed by atoms with Crippen LogP contribution in [0.15, 0.2) is 12.1 Å². The molecule has 21 heavy (non-hydrogen) atoms. The molecule has 0 bridgehead atoms. The van der Waals surface area contributed by atoms with Crippen LogP contribution in [0.1, 0.15) is 26.7 Å². The number of ether oxygens (including phenoxy) is 1. The van der Waals surface area contributed by atoms with Gasteiger partial charge in [-0.2, -0.15) is 0 Å². The van der Waals surface area contributed by atoms with Gasteiger partial charge >= 0.3 is 5.97 Å². The number of carboxylic acid groups (broad SMARTS) is 1. The molecule has 0 aliphatic rings. The summed E-state index contributed by atoms with van der Waals surface area (Å²) in [5.41, 5.74) is -2.05. The topological polar surface area (TPSA) is 102 Å². The van der Waals surface area contributed by atoms with E-state index in [-0.39, 0.29) is 17.9 Å². The standard InChI is InChI=1S/C13H17FN2O5/c1-4-5-13(2,12(17)18)15-9-7-11(21-3)8(14)6-10(9)16(19)20/h6-7,15H,4-5H2,1-3H3,(H,17,18). The number of aliphatic carboxylic acids is 1. The molecular formula is C13H17FN2O5. The highest BCUT2D eigenvalue weighted by atomic mass is 19.1. The second kappa shape index (κ2) is 6.38. The summed E-state index contributed by atoms with van der Waals surface area (Å²) in [4.78, 5) is 21.6. The lowest BCUT2D eigenvalue weighted by Crippen LogP contribution is -2.43. The molecule has 0 aromatic heterocycles. The summed E-state index contributed by atoms with van der Waals surface area (Å²) in [7, 11) is 1.22. The molecule has 0 radical (unpaired) electrons. The molecule has 0 aliphatic carbocycles. The number of nitrogens with zero attached hydrogens (tertiary/aromatic N) is 1. The van der Waals surface area contributed by atoms with Crippen LogP contribution in [-0.4, -0.2) is 28.6 Å². The van der Waals surface area contributed by atoms with Gasteiger partial charge in [-0.1, -0.05) is 13.3 Å². The van der Waals surface area contributed by atoms with E-state index in [1.807, 2.05) is 0 Å². The SMILES string of the molecule is CCCC(C)(Nc1cc(OC)c(F)cc1[N+](=O)[O-])C(=O)O. The first-order valence-corrected chi connectivity index (χ1v) is 6.28. The Morgan fingerprint density at radius 2 is 2.19 bits per heavy atom. The summed E-state index contributed by atoms with van der Waals surface area (Å²) in [5.74, 6) is -2.24. The Balaban J connectivity index is 3.33. The molecule has 0 heterocycles. The van der Waals surface area contributed by atoms with Gasteiger partial charge in [0.2, 0.25) is 0 Å². The average Bonchev–Trinajstić information content (AvgIpc) is 2.40. The predicted octanol–water partition coefficient (Wildman–Crippen LogP) is 2.80. The number of rotatable bonds is 7. The summed E-state index contributed by atoms with van der Waals surface area (Å²) in [6.07, 6.45) is 0.807. The minimum absolute atomic E-state index is 0.100. The van der Waals surface area contributed by atoms with Gasteiger partial charge in [0.15, 0.2) is 11.6 Å². The zero-order valence-corrected chi connectivity index (χ0v) is 12.0. The van der Waals surface area contributed by atoms with Crippen LogP contribution in [0.5, 0.6) is 5.75 Å². The van der Waals surface area contributed by atoms with Crippen molar-refractivity contribution in [2.24, 2.45) is 0 Å². The Bertz CT molecular complexity index is 564. The van der Waals surface area contributed by atoms with Crippen molar-refractivity contribution < 1.29 is 24.0 Å². The Labute approximate surface area is 120 Å². The fourth-order valence-electron chi connectivity index (χ4n) is 1.97. The Morgan fingerprint density at radius 1 is 1.57 bits per heavy atom. The third-order valence-corrected chi connectivity index (χ3v) is 3.10. The number of halogens is 1. The molecule has 7 nitrogen and oxygen atoms in total. The number of hydrogen-bond acceptors (Lipinski definition) is 5. The molecule has 0 spiro atoms. The van der Waals surface area contributed by atoms with Gasteiger partial charge in [-0.15, -0.1) is 0 Å². The lowest BCUT2D eigenvalue weighted by atomic mass is 9.95. The fourth-order valence-corrected chi connectivity index (χ4v) is 1.97. The molecule has 0 saturated carbocycles. The summed E-state index contributed by atoms with van der Waals surface area (Å²) in [6.45, 7) is 3.21. The van der Waals surface area contributed by atoms with Crippen molar-refractivity contribution in [1.82, 2.24) is 0 Å². The monoisotopic (exact) mass is 300 g/mol. The van der Waals surface area contributed by atoms with Gasteiger partial charge < -0.3 is 15.2 Å². The van der Waals surface area contributed by atoms with E-state index in [9.17, 15) is 24.4 Å².